The molecule has 2 N–H and O–H groups in total. The van der Waals surface area contributed by atoms with Crippen LogP contribution in [0.3, 0.4) is 0 Å². The van der Waals surface area contributed by atoms with Crippen LogP contribution in [0.5, 0.6) is 0 Å². The summed E-state index contributed by atoms with van der Waals surface area (Å²) in [4.78, 5) is 30.6. The third-order valence-electron chi connectivity index (χ3n) is 2.81. The molecular formula is C13H14BrN3O2. The maximum absolute atomic E-state index is 12.3. The van der Waals surface area contributed by atoms with E-state index in [4.69, 9.17) is 0 Å². The van der Waals surface area contributed by atoms with Crippen LogP contribution in [-0.2, 0) is 5.33 Å². The molecule has 0 unspecified atom stereocenters. The standard InChI is InChI=1S/C13H14BrN3O2/c1-17(2)9-5-3-8(4-6-9)12(18)11-10(7-14)15-13(19)16-11/h3-6H,7H2,1-2H3,(H2,15,16,19). The molecule has 0 fully saturated rings. The van der Waals surface area contributed by atoms with Crippen molar-refractivity contribution in [2.75, 3.05) is 19.0 Å². The number of anilines is 1. The van der Waals surface area contributed by atoms with E-state index in [9.17, 15) is 9.59 Å². The summed E-state index contributed by atoms with van der Waals surface area (Å²) >= 11 is 3.24. The number of nitrogens with zero attached hydrogens (tertiary/aromatic N) is 1. The first-order valence-electron chi connectivity index (χ1n) is 5.72. The molecule has 0 radical (unpaired) electrons. The van der Waals surface area contributed by atoms with E-state index in [2.05, 4.69) is 25.9 Å². The lowest BCUT2D eigenvalue weighted by Crippen LogP contribution is -2.10. The topological polar surface area (TPSA) is 69.0 Å². The van der Waals surface area contributed by atoms with Gasteiger partial charge < -0.3 is 14.9 Å². The van der Waals surface area contributed by atoms with Crippen LogP contribution in [0.2, 0.25) is 0 Å². The Morgan fingerprint density at radius 1 is 1.21 bits per heavy atom. The SMILES string of the molecule is CN(C)c1ccc(C(=O)c2[nH]c(=O)[nH]c2CBr)cc1. The molecule has 2 aromatic rings. The Balaban J connectivity index is 2.35. The van der Waals surface area contributed by atoms with Gasteiger partial charge in [0.2, 0.25) is 5.78 Å². The predicted molar refractivity (Wildman–Crippen MR) is 78.2 cm³/mol. The van der Waals surface area contributed by atoms with Crippen molar-refractivity contribution in [2.24, 2.45) is 0 Å². The number of rotatable bonds is 4. The number of ketones is 1. The summed E-state index contributed by atoms with van der Waals surface area (Å²) in [6.07, 6.45) is 0. The fraction of sp³-hybridized carbons (Fsp3) is 0.231. The number of hydrogen-bond donors (Lipinski definition) is 2. The number of aromatic nitrogens is 2. The van der Waals surface area contributed by atoms with E-state index in [-0.39, 0.29) is 11.5 Å². The highest BCUT2D eigenvalue weighted by Gasteiger charge is 2.16. The molecule has 0 amide bonds. The normalized spacial score (nSPS) is 10.5. The molecule has 0 atom stereocenters. The number of alkyl halides is 1. The zero-order valence-corrected chi connectivity index (χ0v) is 12.2. The zero-order chi connectivity index (χ0) is 14.0. The number of aromatic amines is 2. The molecule has 0 aliphatic carbocycles. The number of H-pyrrole nitrogens is 2. The number of carbonyl (C=O) groups is 1. The minimum absolute atomic E-state index is 0.196. The molecule has 0 saturated heterocycles. The monoisotopic (exact) mass is 323 g/mol. The molecule has 0 bridgehead atoms. The summed E-state index contributed by atoms with van der Waals surface area (Å²) in [7, 11) is 3.87. The van der Waals surface area contributed by atoms with Gasteiger partial charge in [0, 0.05) is 30.7 Å². The highest BCUT2D eigenvalue weighted by Crippen LogP contribution is 2.16. The number of carbonyl (C=O) groups excluding carboxylic acids is 1. The van der Waals surface area contributed by atoms with Gasteiger partial charge in [0.15, 0.2) is 0 Å². The molecule has 0 aliphatic rings. The van der Waals surface area contributed by atoms with Crippen molar-refractivity contribution in [2.45, 2.75) is 5.33 Å². The molecule has 1 heterocycles. The number of hydrogen-bond acceptors (Lipinski definition) is 3. The molecule has 1 aromatic carbocycles. The van der Waals surface area contributed by atoms with E-state index in [1.54, 1.807) is 12.1 Å². The molecule has 5 nitrogen and oxygen atoms in total. The van der Waals surface area contributed by atoms with Crippen molar-refractivity contribution in [3.8, 4) is 0 Å². The Hall–Kier alpha value is -1.82. The maximum Gasteiger partial charge on any atom is 0.323 e. The van der Waals surface area contributed by atoms with Crippen molar-refractivity contribution in [1.29, 1.82) is 0 Å². The summed E-state index contributed by atoms with van der Waals surface area (Å²) in [5.41, 5.74) is 2.05. The third kappa shape index (κ3) is 2.78. The van der Waals surface area contributed by atoms with Gasteiger partial charge in [-0.1, -0.05) is 15.9 Å². The highest BCUT2D eigenvalue weighted by molar-refractivity contribution is 9.08. The smallest absolute Gasteiger partial charge is 0.323 e. The first-order chi connectivity index (χ1) is 9.02. The van der Waals surface area contributed by atoms with Crippen molar-refractivity contribution in [3.63, 3.8) is 0 Å². The predicted octanol–water partition coefficient (Wildman–Crippen LogP) is 1.89. The molecule has 19 heavy (non-hydrogen) atoms. The lowest BCUT2D eigenvalue weighted by Gasteiger charge is -2.12. The van der Waals surface area contributed by atoms with Crippen LogP contribution in [0.1, 0.15) is 21.7 Å². The quantitative estimate of drug-likeness (QED) is 0.667. The summed E-state index contributed by atoms with van der Waals surface area (Å²) < 4.78 is 0. The molecular weight excluding hydrogens is 310 g/mol. The van der Waals surface area contributed by atoms with Crippen molar-refractivity contribution < 1.29 is 4.79 Å². The van der Waals surface area contributed by atoms with E-state index < -0.39 is 0 Å². The second-order valence-electron chi connectivity index (χ2n) is 4.34. The van der Waals surface area contributed by atoms with E-state index in [1.807, 2.05) is 31.1 Å². The summed E-state index contributed by atoms with van der Waals surface area (Å²) in [5.74, 6) is -0.196. The van der Waals surface area contributed by atoms with Gasteiger partial charge in [-0.3, -0.25) is 4.79 Å². The van der Waals surface area contributed by atoms with E-state index >= 15 is 0 Å². The first kappa shape index (κ1) is 13.6. The first-order valence-corrected chi connectivity index (χ1v) is 6.84. The van der Waals surface area contributed by atoms with Crippen LogP contribution in [0, 0.1) is 0 Å². The molecule has 0 aliphatic heterocycles. The van der Waals surface area contributed by atoms with Crippen LogP contribution in [0.4, 0.5) is 5.69 Å². The average Bonchev–Trinajstić information content (AvgIpc) is 2.79. The average molecular weight is 324 g/mol. The summed E-state index contributed by atoms with van der Waals surface area (Å²) in [6.45, 7) is 0. The lowest BCUT2D eigenvalue weighted by molar-refractivity contribution is 0.103. The fourth-order valence-electron chi connectivity index (χ4n) is 1.77. The summed E-state index contributed by atoms with van der Waals surface area (Å²) in [6, 6.07) is 7.24. The molecule has 0 saturated carbocycles. The fourth-order valence-corrected chi connectivity index (χ4v) is 2.19. The van der Waals surface area contributed by atoms with Crippen molar-refractivity contribution >= 4 is 27.4 Å². The maximum atomic E-state index is 12.3. The second kappa shape index (κ2) is 5.44. The Bertz CT molecular complexity index is 641. The van der Waals surface area contributed by atoms with Gasteiger partial charge in [0.1, 0.15) is 5.69 Å². The Labute approximate surface area is 118 Å². The Morgan fingerprint density at radius 2 is 1.84 bits per heavy atom. The minimum Gasteiger partial charge on any atom is -0.378 e. The number of imidazole rings is 1. The van der Waals surface area contributed by atoms with Crippen LogP contribution in [0.15, 0.2) is 29.1 Å². The van der Waals surface area contributed by atoms with Gasteiger partial charge >= 0.3 is 5.69 Å². The number of halogens is 1. The second-order valence-corrected chi connectivity index (χ2v) is 4.90. The minimum atomic E-state index is -0.372. The number of nitrogens with one attached hydrogen (secondary N) is 2. The molecule has 0 spiro atoms. The van der Waals surface area contributed by atoms with Gasteiger partial charge in [0.25, 0.3) is 0 Å². The van der Waals surface area contributed by atoms with Crippen molar-refractivity contribution in [1.82, 2.24) is 9.97 Å². The van der Waals surface area contributed by atoms with E-state index in [1.165, 1.54) is 0 Å². The van der Waals surface area contributed by atoms with Crippen molar-refractivity contribution in [3.05, 3.63) is 51.7 Å². The number of benzene rings is 1. The van der Waals surface area contributed by atoms with Gasteiger partial charge in [-0.05, 0) is 24.3 Å². The van der Waals surface area contributed by atoms with Crippen LogP contribution in [-0.4, -0.2) is 29.8 Å². The molecule has 2 rings (SSSR count). The summed E-state index contributed by atoms with van der Waals surface area (Å²) in [5, 5.41) is 0.419. The van der Waals surface area contributed by atoms with Crippen LogP contribution >= 0.6 is 15.9 Å². The molecule has 1 aromatic heterocycles. The molecule has 6 heteroatoms. The van der Waals surface area contributed by atoms with Crippen LogP contribution in [0.25, 0.3) is 0 Å². The van der Waals surface area contributed by atoms with E-state index in [0.717, 1.165) is 5.69 Å². The van der Waals surface area contributed by atoms with Gasteiger partial charge in [-0.25, -0.2) is 4.79 Å². The largest absolute Gasteiger partial charge is 0.378 e. The third-order valence-corrected chi connectivity index (χ3v) is 3.37. The van der Waals surface area contributed by atoms with Crippen LogP contribution < -0.4 is 10.6 Å². The zero-order valence-electron chi connectivity index (χ0n) is 10.7. The van der Waals surface area contributed by atoms with Gasteiger partial charge in [-0.2, -0.15) is 0 Å². The Morgan fingerprint density at radius 3 is 2.37 bits per heavy atom. The molecule has 100 valence electrons. The van der Waals surface area contributed by atoms with E-state index in [0.29, 0.717) is 22.3 Å². The lowest BCUT2D eigenvalue weighted by atomic mass is 10.1. The van der Waals surface area contributed by atoms with Gasteiger partial charge in [-0.15, -0.1) is 0 Å². The Kier molecular flexibility index (Phi) is 3.90. The van der Waals surface area contributed by atoms with Gasteiger partial charge in [0.05, 0.1) is 5.69 Å². The highest BCUT2D eigenvalue weighted by atomic mass is 79.9.